The Morgan fingerprint density at radius 1 is 1.13 bits per heavy atom. The molecule has 2 aromatic carbocycles. The molecule has 0 fully saturated rings. The van der Waals surface area contributed by atoms with Gasteiger partial charge < -0.3 is 24.1 Å². The number of carbonyl (C=O) groups is 2. The van der Waals surface area contributed by atoms with Crippen LogP contribution in [0.15, 0.2) is 63.5 Å². The molecule has 1 N–H and O–H groups in total. The van der Waals surface area contributed by atoms with E-state index in [9.17, 15) is 14.4 Å². The summed E-state index contributed by atoms with van der Waals surface area (Å²) in [7, 11) is 3.04. The summed E-state index contributed by atoms with van der Waals surface area (Å²) in [6.45, 7) is 3.08. The van der Waals surface area contributed by atoms with Gasteiger partial charge in [0.2, 0.25) is 0 Å². The Balaban J connectivity index is 1.92. The first-order valence-corrected chi connectivity index (χ1v) is 12.4. The highest BCUT2D eigenvalue weighted by atomic mass is 32.1. The van der Waals surface area contributed by atoms with Crippen LogP contribution in [0, 0.1) is 0 Å². The maximum atomic E-state index is 13.8. The molecule has 3 aromatic rings. The number of carboxylic acids is 1. The smallest absolute Gasteiger partial charge is 0.341 e. The van der Waals surface area contributed by atoms with E-state index in [-0.39, 0.29) is 17.7 Å². The Morgan fingerprint density at radius 3 is 2.61 bits per heavy atom. The van der Waals surface area contributed by atoms with Crippen LogP contribution in [-0.2, 0) is 14.3 Å². The van der Waals surface area contributed by atoms with Crippen LogP contribution in [0.4, 0.5) is 0 Å². The van der Waals surface area contributed by atoms with Crippen molar-refractivity contribution < 1.29 is 33.6 Å². The van der Waals surface area contributed by atoms with Gasteiger partial charge >= 0.3 is 11.9 Å². The van der Waals surface area contributed by atoms with E-state index in [1.54, 1.807) is 62.4 Å². The van der Waals surface area contributed by atoms with Crippen LogP contribution < -0.4 is 29.1 Å². The van der Waals surface area contributed by atoms with Gasteiger partial charge in [-0.15, -0.1) is 0 Å². The summed E-state index contributed by atoms with van der Waals surface area (Å²) >= 11 is 1.17. The summed E-state index contributed by atoms with van der Waals surface area (Å²) in [6.07, 6.45) is 1.67. The number of aromatic nitrogens is 1. The topological polar surface area (TPSA) is 126 Å². The van der Waals surface area contributed by atoms with Gasteiger partial charge in [-0.25, -0.2) is 14.6 Å². The fraction of sp³-hybridized carbons (Fsp3) is 0.259. The van der Waals surface area contributed by atoms with Crippen LogP contribution in [0.5, 0.6) is 17.2 Å². The molecule has 0 amide bonds. The molecule has 0 aliphatic carbocycles. The summed E-state index contributed by atoms with van der Waals surface area (Å²) in [5.41, 5.74) is 1.46. The van der Waals surface area contributed by atoms with Crippen LogP contribution >= 0.6 is 11.3 Å². The number of aliphatic carboxylic acids is 1. The lowest BCUT2D eigenvalue weighted by molar-refractivity contribution is -0.140. The zero-order valence-electron chi connectivity index (χ0n) is 21.2. The third-order valence-electron chi connectivity index (χ3n) is 5.77. The number of hydrogen-bond acceptors (Lipinski definition) is 9. The molecule has 11 heteroatoms. The van der Waals surface area contributed by atoms with E-state index in [0.29, 0.717) is 43.4 Å². The SMILES string of the molecule is CCOC(=O)C1=C(C)N=c2s/c(=C\c3cccc(OCC(=O)O)c3)c(=O)n2[C@H]1c1cc(OC)ccc1OC. The highest BCUT2D eigenvalue weighted by Crippen LogP contribution is 2.37. The van der Waals surface area contributed by atoms with E-state index in [0.717, 1.165) is 0 Å². The van der Waals surface area contributed by atoms with Gasteiger partial charge in [0.25, 0.3) is 5.56 Å². The summed E-state index contributed by atoms with van der Waals surface area (Å²) in [5.74, 6) is -0.330. The van der Waals surface area contributed by atoms with Crippen LogP contribution in [0.1, 0.15) is 31.0 Å². The summed E-state index contributed by atoms with van der Waals surface area (Å²) in [6, 6.07) is 11.0. The van der Waals surface area contributed by atoms with E-state index in [4.69, 9.17) is 24.1 Å². The van der Waals surface area contributed by atoms with Gasteiger partial charge in [-0.3, -0.25) is 9.36 Å². The molecule has 0 spiro atoms. The number of hydrogen-bond donors (Lipinski definition) is 1. The number of carboxylic acid groups (broad SMARTS) is 1. The molecular formula is C27H26N2O8S. The van der Waals surface area contributed by atoms with Crippen molar-refractivity contribution in [3.05, 3.63) is 84.5 Å². The van der Waals surface area contributed by atoms with Gasteiger partial charge in [-0.05, 0) is 55.8 Å². The summed E-state index contributed by atoms with van der Waals surface area (Å²) < 4.78 is 23.4. The maximum Gasteiger partial charge on any atom is 0.341 e. The van der Waals surface area contributed by atoms with Crippen LogP contribution in [0.2, 0.25) is 0 Å². The molecule has 0 saturated carbocycles. The van der Waals surface area contributed by atoms with Gasteiger partial charge in [0.05, 0.1) is 36.6 Å². The molecule has 2 heterocycles. The van der Waals surface area contributed by atoms with Gasteiger partial charge in [-0.2, -0.15) is 0 Å². The van der Waals surface area contributed by atoms with Gasteiger partial charge in [0, 0.05) is 5.56 Å². The van der Waals surface area contributed by atoms with Crippen LogP contribution in [0.3, 0.4) is 0 Å². The number of fused-ring (bicyclic) bond motifs is 1. The van der Waals surface area contributed by atoms with Gasteiger partial charge in [0.1, 0.15) is 23.3 Å². The fourth-order valence-electron chi connectivity index (χ4n) is 4.13. The van der Waals surface area contributed by atoms with Crippen LogP contribution in [-0.4, -0.2) is 49.0 Å². The number of benzene rings is 2. The average Bonchev–Trinajstić information content (AvgIpc) is 3.20. The molecule has 10 nitrogen and oxygen atoms in total. The molecule has 1 aliphatic heterocycles. The van der Waals surface area contributed by atoms with Gasteiger partial charge in [0.15, 0.2) is 11.4 Å². The number of nitrogens with zero attached hydrogens (tertiary/aromatic N) is 2. The number of rotatable bonds is 9. The third-order valence-corrected chi connectivity index (χ3v) is 6.75. The number of carbonyl (C=O) groups excluding carboxylic acids is 1. The number of ether oxygens (including phenoxy) is 4. The summed E-state index contributed by atoms with van der Waals surface area (Å²) in [5, 5.41) is 8.87. The first kappa shape index (κ1) is 26.7. The monoisotopic (exact) mass is 538 g/mol. The zero-order valence-corrected chi connectivity index (χ0v) is 22.0. The molecule has 38 heavy (non-hydrogen) atoms. The molecule has 1 aliphatic rings. The number of allylic oxidation sites excluding steroid dienone is 1. The Kier molecular flexibility index (Phi) is 7.96. The van der Waals surface area contributed by atoms with E-state index < -0.39 is 24.6 Å². The quantitative estimate of drug-likeness (QED) is 0.412. The summed E-state index contributed by atoms with van der Waals surface area (Å²) in [4.78, 5) is 42.8. The molecule has 1 aromatic heterocycles. The number of esters is 1. The van der Waals surface area contributed by atoms with Crippen molar-refractivity contribution in [3.63, 3.8) is 0 Å². The van der Waals surface area contributed by atoms with Crippen molar-refractivity contribution in [1.82, 2.24) is 4.57 Å². The van der Waals surface area contributed by atoms with E-state index in [2.05, 4.69) is 4.99 Å². The molecular weight excluding hydrogens is 512 g/mol. The minimum atomic E-state index is -1.09. The Labute approximate surface area is 221 Å². The first-order chi connectivity index (χ1) is 18.3. The lowest BCUT2D eigenvalue weighted by atomic mass is 9.94. The fourth-order valence-corrected chi connectivity index (χ4v) is 5.18. The Morgan fingerprint density at radius 2 is 1.92 bits per heavy atom. The normalized spacial score (nSPS) is 14.9. The van der Waals surface area contributed by atoms with Gasteiger partial charge in [-0.1, -0.05) is 23.5 Å². The second-order valence-electron chi connectivity index (χ2n) is 8.17. The van der Waals surface area contributed by atoms with E-state index in [1.165, 1.54) is 30.1 Å². The minimum Gasteiger partial charge on any atom is -0.497 e. The molecule has 1 atom stereocenters. The van der Waals surface area contributed by atoms with E-state index >= 15 is 0 Å². The highest BCUT2D eigenvalue weighted by molar-refractivity contribution is 7.07. The van der Waals surface area contributed by atoms with Crippen molar-refractivity contribution in [3.8, 4) is 17.2 Å². The van der Waals surface area contributed by atoms with Crippen molar-refractivity contribution in [2.24, 2.45) is 4.99 Å². The number of thiazole rings is 1. The Hall–Kier alpha value is -4.38. The second kappa shape index (κ2) is 11.3. The lowest BCUT2D eigenvalue weighted by Gasteiger charge is -2.26. The standard InChI is InChI=1S/C27H26N2O8S/c1-5-36-26(33)23-15(2)28-27-29(24(23)19-13-17(34-3)9-10-20(19)35-4)25(32)21(38-27)12-16-7-6-8-18(11-16)37-14-22(30)31/h6-13,24H,5,14H2,1-4H3,(H,30,31)/b21-12-/t24-/m0/s1. The molecule has 198 valence electrons. The predicted molar refractivity (Wildman–Crippen MR) is 140 cm³/mol. The Bertz CT molecular complexity index is 1600. The minimum absolute atomic E-state index is 0.155. The van der Waals surface area contributed by atoms with Crippen molar-refractivity contribution in [2.45, 2.75) is 19.9 Å². The zero-order chi connectivity index (χ0) is 27.4. The van der Waals surface area contributed by atoms with Crippen LogP contribution in [0.25, 0.3) is 6.08 Å². The maximum absolute atomic E-state index is 13.8. The largest absolute Gasteiger partial charge is 0.497 e. The molecule has 0 saturated heterocycles. The molecule has 0 bridgehead atoms. The van der Waals surface area contributed by atoms with Crippen molar-refractivity contribution in [2.75, 3.05) is 27.4 Å². The third kappa shape index (κ3) is 5.32. The second-order valence-corrected chi connectivity index (χ2v) is 9.17. The van der Waals surface area contributed by atoms with Crippen molar-refractivity contribution in [1.29, 1.82) is 0 Å². The number of methoxy groups -OCH3 is 2. The molecule has 0 radical (unpaired) electrons. The lowest BCUT2D eigenvalue weighted by Crippen LogP contribution is -2.40. The highest BCUT2D eigenvalue weighted by Gasteiger charge is 2.35. The molecule has 4 rings (SSSR count). The van der Waals surface area contributed by atoms with E-state index in [1.807, 2.05) is 0 Å². The van der Waals surface area contributed by atoms with Crippen molar-refractivity contribution >= 4 is 29.4 Å². The first-order valence-electron chi connectivity index (χ1n) is 11.6. The molecule has 0 unspecified atom stereocenters. The predicted octanol–water partition coefficient (Wildman–Crippen LogP) is 2.28. The average molecular weight is 539 g/mol.